The van der Waals surface area contributed by atoms with Crippen LogP contribution in [0.5, 0.6) is 5.75 Å². The Balaban J connectivity index is 1.80. The minimum Gasteiger partial charge on any atom is -0.490 e. The highest BCUT2D eigenvalue weighted by Gasteiger charge is 2.30. The second kappa shape index (κ2) is 5.53. The molecule has 1 aromatic carbocycles. The molecule has 0 aliphatic heterocycles. The van der Waals surface area contributed by atoms with Crippen molar-refractivity contribution in [3.05, 3.63) is 40.2 Å². The summed E-state index contributed by atoms with van der Waals surface area (Å²) < 4.78 is 10.9. The Labute approximate surface area is 123 Å². The van der Waals surface area contributed by atoms with Gasteiger partial charge in [0, 0.05) is 17.5 Å². The summed E-state index contributed by atoms with van der Waals surface area (Å²) in [4.78, 5) is 11.4. The van der Waals surface area contributed by atoms with Crippen LogP contribution < -0.4 is 10.4 Å². The van der Waals surface area contributed by atoms with Gasteiger partial charge >= 0.3 is 5.63 Å². The number of aliphatic hydroxyl groups is 1. The quantitative estimate of drug-likeness (QED) is 0.881. The molecular formula is C17H20O4. The summed E-state index contributed by atoms with van der Waals surface area (Å²) in [6.07, 6.45) is 4.85. The summed E-state index contributed by atoms with van der Waals surface area (Å²) in [7, 11) is 0. The van der Waals surface area contributed by atoms with E-state index in [0.29, 0.717) is 11.3 Å². The van der Waals surface area contributed by atoms with E-state index in [1.54, 1.807) is 6.07 Å². The Kier molecular flexibility index (Phi) is 3.72. The Morgan fingerprint density at radius 3 is 2.76 bits per heavy atom. The number of aryl methyl sites for hydroxylation is 1. The molecule has 1 aliphatic rings. The van der Waals surface area contributed by atoms with Crippen molar-refractivity contribution in [2.75, 3.05) is 6.61 Å². The highest BCUT2D eigenvalue weighted by molar-refractivity contribution is 5.81. The number of rotatable bonds is 3. The van der Waals surface area contributed by atoms with Crippen molar-refractivity contribution in [2.45, 2.75) is 44.6 Å². The van der Waals surface area contributed by atoms with Crippen LogP contribution in [0.15, 0.2) is 33.5 Å². The zero-order valence-corrected chi connectivity index (χ0v) is 12.2. The van der Waals surface area contributed by atoms with Gasteiger partial charge in [0.2, 0.25) is 0 Å². The number of hydrogen-bond acceptors (Lipinski definition) is 4. The van der Waals surface area contributed by atoms with E-state index < -0.39 is 5.60 Å². The van der Waals surface area contributed by atoms with Crippen LogP contribution in [0.25, 0.3) is 11.0 Å². The van der Waals surface area contributed by atoms with Gasteiger partial charge in [0.25, 0.3) is 0 Å². The molecule has 3 rings (SSSR count). The summed E-state index contributed by atoms with van der Waals surface area (Å²) in [5.41, 5.74) is 0.329. The van der Waals surface area contributed by atoms with Gasteiger partial charge in [0.05, 0.1) is 5.60 Å². The third kappa shape index (κ3) is 3.10. The first kappa shape index (κ1) is 14.1. The molecule has 1 fully saturated rings. The van der Waals surface area contributed by atoms with E-state index in [2.05, 4.69) is 0 Å². The normalized spacial score (nSPS) is 17.8. The monoisotopic (exact) mass is 288 g/mol. The molecule has 0 bridgehead atoms. The molecule has 1 aromatic heterocycles. The fourth-order valence-corrected chi connectivity index (χ4v) is 2.97. The number of hydrogen-bond donors (Lipinski definition) is 1. The van der Waals surface area contributed by atoms with Crippen molar-refractivity contribution in [3.63, 3.8) is 0 Å². The molecule has 1 heterocycles. The van der Waals surface area contributed by atoms with Gasteiger partial charge < -0.3 is 14.3 Å². The lowest BCUT2D eigenvalue weighted by molar-refractivity contribution is -0.0338. The molecule has 0 atom stereocenters. The van der Waals surface area contributed by atoms with Crippen LogP contribution in [0.4, 0.5) is 0 Å². The molecule has 0 saturated heterocycles. The predicted octanol–water partition coefficient (Wildman–Crippen LogP) is 3.18. The summed E-state index contributed by atoms with van der Waals surface area (Å²) in [5.74, 6) is 0.621. The molecule has 21 heavy (non-hydrogen) atoms. The smallest absolute Gasteiger partial charge is 0.336 e. The van der Waals surface area contributed by atoms with E-state index >= 15 is 0 Å². The maximum absolute atomic E-state index is 11.4. The van der Waals surface area contributed by atoms with Crippen LogP contribution in [-0.2, 0) is 0 Å². The molecule has 4 heteroatoms. The zero-order chi connectivity index (χ0) is 14.9. The molecule has 0 amide bonds. The van der Waals surface area contributed by atoms with E-state index in [-0.39, 0.29) is 12.2 Å². The SMILES string of the molecule is Cc1cc(=O)oc2cc(OCC3(O)CCCCC3)ccc12. The van der Waals surface area contributed by atoms with Gasteiger partial charge in [-0.2, -0.15) is 0 Å². The Bertz CT molecular complexity index is 695. The standard InChI is InChI=1S/C17H20O4/c1-12-9-16(18)21-15-10-13(5-6-14(12)15)20-11-17(19)7-3-2-4-8-17/h5-6,9-10,19H,2-4,7-8,11H2,1H3. The number of fused-ring (bicyclic) bond motifs is 1. The fourth-order valence-electron chi connectivity index (χ4n) is 2.97. The molecule has 112 valence electrons. The number of ether oxygens (including phenoxy) is 1. The van der Waals surface area contributed by atoms with E-state index in [9.17, 15) is 9.90 Å². The summed E-state index contributed by atoms with van der Waals surface area (Å²) in [5, 5.41) is 11.3. The summed E-state index contributed by atoms with van der Waals surface area (Å²) in [6, 6.07) is 6.93. The van der Waals surface area contributed by atoms with Gasteiger partial charge in [0.15, 0.2) is 0 Å². The van der Waals surface area contributed by atoms with Crippen LogP contribution in [0, 0.1) is 6.92 Å². The van der Waals surface area contributed by atoms with Crippen molar-refractivity contribution in [3.8, 4) is 5.75 Å². The molecule has 1 aliphatic carbocycles. The van der Waals surface area contributed by atoms with E-state index in [1.807, 2.05) is 19.1 Å². The first-order valence-corrected chi connectivity index (χ1v) is 7.45. The lowest BCUT2D eigenvalue weighted by atomic mass is 9.85. The average Bonchev–Trinajstić information content (AvgIpc) is 2.45. The van der Waals surface area contributed by atoms with Crippen LogP contribution in [0.3, 0.4) is 0 Å². The Morgan fingerprint density at radius 2 is 2.00 bits per heavy atom. The van der Waals surface area contributed by atoms with Gasteiger partial charge in [-0.1, -0.05) is 19.3 Å². The van der Waals surface area contributed by atoms with Gasteiger partial charge in [-0.15, -0.1) is 0 Å². The summed E-state index contributed by atoms with van der Waals surface area (Å²) >= 11 is 0. The number of benzene rings is 1. The van der Waals surface area contributed by atoms with Crippen LogP contribution in [-0.4, -0.2) is 17.3 Å². The second-order valence-corrected chi connectivity index (χ2v) is 5.98. The molecule has 4 nitrogen and oxygen atoms in total. The van der Waals surface area contributed by atoms with Crippen LogP contribution in [0.2, 0.25) is 0 Å². The van der Waals surface area contributed by atoms with Crippen molar-refractivity contribution >= 4 is 11.0 Å². The van der Waals surface area contributed by atoms with E-state index in [0.717, 1.165) is 36.6 Å². The largest absolute Gasteiger partial charge is 0.490 e. The van der Waals surface area contributed by atoms with Crippen molar-refractivity contribution in [1.82, 2.24) is 0 Å². The van der Waals surface area contributed by atoms with Crippen LogP contribution >= 0.6 is 0 Å². The molecule has 0 radical (unpaired) electrons. The predicted molar refractivity (Wildman–Crippen MR) is 80.8 cm³/mol. The fraction of sp³-hybridized carbons (Fsp3) is 0.471. The van der Waals surface area contributed by atoms with E-state index in [1.165, 1.54) is 12.5 Å². The van der Waals surface area contributed by atoms with E-state index in [4.69, 9.17) is 9.15 Å². The minimum atomic E-state index is -0.722. The molecule has 1 saturated carbocycles. The van der Waals surface area contributed by atoms with Crippen LogP contribution in [0.1, 0.15) is 37.7 Å². The molecule has 0 spiro atoms. The molecular weight excluding hydrogens is 268 g/mol. The topological polar surface area (TPSA) is 59.7 Å². The van der Waals surface area contributed by atoms with Crippen molar-refractivity contribution in [1.29, 1.82) is 0 Å². The first-order valence-electron chi connectivity index (χ1n) is 7.45. The lowest BCUT2D eigenvalue weighted by Gasteiger charge is -2.31. The third-order valence-electron chi connectivity index (χ3n) is 4.21. The van der Waals surface area contributed by atoms with Crippen molar-refractivity contribution in [2.24, 2.45) is 0 Å². The van der Waals surface area contributed by atoms with Gasteiger partial charge in [-0.3, -0.25) is 0 Å². The van der Waals surface area contributed by atoms with Gasteiger partial charge in [-0.25, -0.2) is 4.79 Å². The molecule has 2 aromatic rings. The highest BCUT2D eigenvalue weighted by Crippen LogP contribution is 2.29. The van der Waals surface area contributed by atoms with Crippen molar-refractivity contribution < 1.29 is 14.3 Å². The lowest BCUT2D eigenvalue weighted by Crippen LogP contribution is -2.37. The Hall–Kier alpha value is -1.81. The molecule has 1 N–H and O–H groups in total. The summed E-state index contributed by atoms with van der Waals surface area (Å²) in [6.45, 7) is 2.17. The van der Waals surface area contributed by atoms with Gasteiger partial charge in [0.1, 0.15) is 17.9 Å². The Morgan fingerprint density at radius 1 is 1.24 bits per heavy atom. The minimum absolute atomic E-state index is 0.286. The first-order chi connectivity index (χ1) is 10.1. The second-order valence-electron chi connectivity index (χ2n) is 5.98. The maximum Gasteiger partial charge on any atom is 0.336 e. The average molecular weight is 288 g/mol. The molecule has 0 unspecified atom stereocenters. The highest BCUT2D eigenvalue weighted by atomic mass is 16.5. The third-order valence-corrected chi connectivity index (χ3v) is 4.21. The van der Waals surface area contributed by atoms with Gasteiger partial charge in [-0.05, 0) is 37.5 Å². The zero-order valence-electron chi connectivity index (χ0n) is 12.2. The maximum atomic E-state index is 11.4.